The highest BCUT2D eigenvalue weighted by atomic mass is 15.2. The van der Waals surface area contributed by atoms with Crippen molar-refractivity contribution < 1.29 is 0 Å². The first-order chi connectivity index (χ1) is 16.2. The molecular weight excluding hydrogens is 408 g/mol. The second-order valence-electron chi connectivity index (χ2n) is 8.81. The molecule has 4 heterocycles. The Hall–Kier alpha value is -3.95. The summed E-state index contributed by atoms with van der Waals surface area (Å²) >= 11 is 0. The van der Waals surface area contributed by atoms with E-state index in [-0.39, 0.29) is 0 Å². The van der Waals surface area contributed by atoms with E-state index in [1.807, 2.05) is 48.4 Å². The first kappa shape index (κ1) is 19.7. The monoisotopic (exact) mass is 432 g/mol. The molecule has 0 amide bonds. The third-order valence-electron chi connectivity index (χ3n) is 6.75. The van der Waals surface area contributed by atoms with E-state index >= 15 is 0 Å². The molecule has 0 radical (unpaired) electrons. The fourth-order valence-electron chi connectivity index (χ4n) is 4.99. The number of aromatic nitrogens is 4. The Morgan fingerprint density at radius 2 is 1.91 bits per heavy atom. The largest absolute Gasteiger partial charge is 0.346 e. The van der Waals surface area contributed by atoms with Crippen LogP contribution in [0.3, 0.4) is 0 Å². The van der Waals surface area contributed by atoms with Crippen molar-refractivity contribution in [2.24, 2.45) is 13.0 Å². The second-order valence-corrected chi connectivity index (χ2v) is 8.81. The SMILES string of the molecule is [C-]#[N+]c1ccc(-c2c(-c3ccc4c(cnn4C)c3)ncc3c2ccn3C[C@@H]2CCNC2)cc1. The molecule has 33 heavy (non-hydrogen) atoms. The van der Waals surface area contributed by atoms with Gasteiger partial charge in [-0.25, -0.2) is 4.85 Å². The van der Waals surface area contributed by atoms with E-state index in [1.54, 1.807) is 0 Å². The van der Waals surface area contributed by atoms with E-state index in [0.717, 1.165) is 58.4 Å². The number of hydrogen-bond donors (Lipinski definition) is 1. The van der Waals surface area contributed by atoms with E-state index in [1.165, 1.54) is 11.8 Å². The Morgan fingerprint density at radius 3 is 2.70 bits per heavy atom. The van der Waals surface area contributed by atoms with Crippen LogP contribution in [0.4, 0.5) is 5.69 Å². The van der Waals surface area contributed by atoms with Crippen LogP contribution in [0, 0.1) is 12.5 Å². The number of aryl methyl sites for hydroxylation is 1. The number of fused-ring (bicyclic) bond motifs is 2. The molecule has 6 heteroatoms. The van der Waals surface area contributed by atoms with Gasteiger partial charge in [-0.15, -0.1) is 0 Å². The topological polar surface area (TPSA) is 52.0 Å². The summed E-state index contributed by atoms with van der Waals surface area (Å²) in [6, 6.07) is 16.4. The lowest BCUT2D eigenvalue weighted by Crippen LogP contribution is -2.14. The third-order valence-corrected chi connectivity index (χ3v) is 6.75. The Balaban J connectivity index is 1.54. The van der Waals surface area contributed by atoms with Crippen LogP contribution in [-0.2, 0) is 13.6 Å². The maximum Gasteiger partial charge on any atom is 0.187 e. The summed E-state index contributed by atoms with van der Waals surface area (Å²) in [6.45, 7) is 10.5. The Bertz CT molecular complexity index is 1510. The molecule has 1 atom stereocenters. The van der Waals surface area contributed by atoms with Crippen LogP contribution in [0.1, 0.15) is 6.42 Å². The van der Waals surface area contributed by atoms with Gasteiger partial charge in [0, 0.05) is 41.7 Å². The predicted octanol–water partition coefficient (Wildman–Crippen LogP) is 5.42. The molecule has 3 aromatic heterocycles. The lowest BCUT2D eigenvalue weighted by atomic mass is 9.95. The van der Waals surface area contributed by atoms with Crippen molar-refractivity contribution in [1.29, 1.82) is 0 Å². The molecule has 1 aliphatic rings. The molecule has 0 unspecified atom stereocenters. The van der Waals surface area contributed by atoms with Gasteiger partial charge >= 0.3 is 0 Å². The Kier molecular flexibility index (Phi) is 4.70. The average molecular weight is 433 g/mol. The van der Waals surface area contributed by atoms with Gasteiger partial charge in [0.2, 0.25) is 0 Å². The van der Waals surface area contributed by atoms with Gasteiger partial charge in [0.05, 0.1) is 35.7 Å². The Labute approximate surface area is 192 Å². The molecule has 162 valence electrons. The zero-order valence-corrected chi connectivity index (χ0v) is 18.5. The van der Waals surface area contributed by atoms with Crippen molar-refractivity contribution in [3.63, 3.8) is 0 Å². The minimum atomic E-state index is 0.642. The first-order valence-corrected chi connectivity index (χ1v) is 11.3. The summed E-state index contributed by atoms with van der Waals surface area (Å²) in [5, 5.41) is 10.1. The second kappa shape index (κ2) is 7.88. The fourth-order valence-corrected chi connectivity index (χ4v) is 4.99. The molecule has 6 rings (SSSR count). The molecule has 1 N–H and O–H groups in total. The summed E-state index contributed by atoms with van der Waals surface area (Å²) in [4.78, 5) is 8.55. The fraction of sp³-hybridized carbons (Fsp3) is 0.222. The molecule has 2 aromatic carbocycles. The molecule has 0 bridgehead atoms. The van der Waals surface area contributed by atoms with Gasteiger partial charge in [-0.2, -0.15) is 5.10 Å². The number of nitrogens with one attached hydrogen (secondary N) is 1. The Morgan fingerprint density at radius 1 is 1.06 bits per heavy atom. The number of nitrogens with zero attached hydrogens (tertiary/aromatic N) is 5. The molecule has 0 spiro atoms. The molecule has 1 aliphatic heterocycles. The third kappa shape index (κ3) is 3.38. The van der Waals surface area contributed by atoms with E-state index in [4.69, 9.17) is 11.6 Å². The zero-order chi connectivity index (χ0) is 22.4. The summed E-state index contributed by atoms with van der Waals surface area (Å²) in [6.07, 6.45) is 7.31. The van der Waals surface area contributed by atoms with Gasteiger partial charge in [-0.1, -0.05) is 30.3 Å². The van der Waals surface area contributed by atoms with Crippen LogP contribution >= 0.6 is 0 Å². The van der Waals surface area contributed by atoms with E-state index in [2.05, 4.69) is 50.3 Å². The van der Waals surface area contributed by atoms with Gasteiger partial charge in [0.15, 0.2) is 5.69 Å². The molecule has 0 aliphatic carbocycles. The van der Waals surface area contributed by atoms with Crippen molar-refractivity contribution in [2.45, 2.75) is 13.0 Å². The highest BCUT2D eigenvalue weighted by molar-refractivity contribution is 6.02. The molecule has 1 fully saturated rings. The van der Waals surface area contributed by atoms with E-state index in [9.17, 15) is 0 Å². The number of benzene rings is 2. The van der Waals surface area contributed by atoms with Gasteiger partial charge in [0.1, 0.15) is 0 Å². The summed E-state index contributed by atoms with van der Waals surface area (Å²) in [7, 11) is 1.96. The van der Waals surface area contributed by atoms with E-state index < -0.39 is 0 Å². The maximum absolute atomic E-state index is 7.31. The number of pyridine rings is 1. The van der Waals surface area contributed by atoms with Crippen molar-refractivity contribution in [2.75, 3.05) is 13.1 Å². The minimum absolute atomic E-state index is 0.642. The van der Waals surface area contributed by atoms with Crippen molar-refractivity contribution in [3.05, 3.63) is 78.5 Å². The van der Waals surface area contributed by atoms with Crippen LogP contribution in [0.25, 0.3) is 49.0 Å². The summed E-state index contributed by atoms with van der Waals surface area (Å²) in [5.41, 5.74) is 7.08. The first-order valence-electron chi connectivity index (χ1n) is 11.3. The predicted molar refractivity (Wildman–Crippen MR) is 132 cm³/mol. The quantitative estimate of drug-likeness (QED) is 0.386. The van der Waals surface area contributed by atoms with Crippen LogP contribution < -0.4 is 5.32 Å². The lowest BCUT2D eigenvalue weighted by Gasteiger charge is -2.14. The molecular formula is C27H24N6. The smallest absolute Gasteiger partial charge is 0.187 e. The van der Waals surface area contributed by atoms with Crippen molar-refractivity contribution >= 4 is 27.5 Å². The molecule has 1 saturated heterocycles. The standard InChI is InChI=1S/C27H24N6/c1-28-22-6-3-19(4-7-22)26-23-10-12-33(17-18-9-11-29-14-18)25(23)16-30-27(26)20-5-8-24-21(13-20)15-31-32(24)2/h3-8,10,12-13,15-16,18,29H,9,11,14,17H2,2H3/t18-/m1/s1. The van der Waals surface area contributed by atoms with Gasteiger partial charge in [0.25, 0.3) is 0 Å². The average Bonchev–Trinajstić information content (AvgIpc) is 3.60. The van der Waals surface area contributed by atoms with E-state index in [0.29, 0.717) is 11.6 Å². The number of hydrogen-bond acceptors (Lipinski definition) is 3. The zero-order valence-electron chi connectivity index (χ0n) is 18.5. The van der Waals surface area contributed by atoms with Gasteiger partial charge in [-0.05, 0) is 49.2 Å². The van der Waals surface area contributed by atoms with Crippen LogP contribution in [-0.4, -0.2) is 32.4 Å². The number of rotatable bonds is 4. The lowest BCUT2D eigenvalue weighted by molar-refractivity contribution is 0.491. The minimum Gasteiger partial charge on any atom is -0.346 e. The van der Waals surface area contributed by atoms with Gasteiger partial charge in [-0.3, -0.25) is 9.67 Å². The van der Waals surface area contributed by atoms with Crippen LogP contribution in [0.15, 0.2) is 67.1 Å². The normalized spacial score (nSPS) is 15.9. The van der Waals surface area contributed by atoms with Crippen molar-refractivity contribution in [1.82, 2.24) is 24.6 Å². The maximum atomic E-state index is 7.31. The summed E-state index contributed by atoms with van der Waals surface area (Å²) in [5.74, 6) is 0.648. The molecule has 6 nitrogen and oxygen atoms in total. The molecule has 0 saturated carbocycles. The van der Waals surface area contributed by atoms with Gasteiger partial charge < -0.3 is 9.88 Å². The highest BCUT2D eigenvalue weighted by Crippen LogP contribution is 2.38. The molecule has 5 aromatic rings. The van der Waals surface area contributed by atoms with Crippen LogP contribution in [0.5, 0.6) is 0 Å². The van der Waals surface area contributed by atoms with Crippen molar-refractivity contribution in [3.8, 4) is 22.4 Å². The van der Waals surface area contributed by atoms with Crippen LogP contribution in [0.2, 0.25) is 0 Å². The summed E-state index contributed by atoms with van der Waals surface area (Å²) < 4.78 is 4.23. The highest BCUT2D eigenvalue weighted by Gasteiger charge is 2.19.